The molecule has 1 aromatic carbocycles. The second kappa shape index (κ2) is 5.84. The summed E-state index contributed by atoms with van der Waals surface area (Å²) < 4.78 is 13.7. The maximum atomic E-state index is 13.7. The van der Waals surface area contributed by atoms with Crippen molar-refractivity contribution < 1.29 is 9.18 Å². The summed E-state index contributed by atoms with van der Waals surface area (Å²) in [7, 11) is 0. The molecule has 0 atom stereocenters. The first-order valence-corrected chi connectivity index (χ1v) is 7.09. The van der Waals surface area contributed by atoms with Gasteiger partial charge in [0.2, 0.25) is 0 Å². The topological polar surface area (TPSA) is 70.7 Å². The molecule has 0 bridgehead atoms. The number of hydrogen-bond acceptors (Lipinski definition) is 4. The zero-order valence-corrected chi connectivity index (χ0v) is 11.7. The van der Waals surface area contributed by atoms with Crippen molar-refractivity contribution in [3.05, 3.63) is 58.4 Å². The molecule has 2 N–H and O–H groups in total. The zero-order chi connectivity index (χ0) is 14.7. The van der Waals surface area contributed by atoms with Crippen LogP contribution in [-0.4, -0.2) is 21.1 Å². The fourth-order valence-electron chi connectivity index (χ4n) is 1.82. The van der Waals surface area contributed by atoms with E-state index in [0.717, 1.165) is 0 Å². The van der Waals surface area contributed by atoms with Crippen molar-refractivity contribution in [3.8, 4) is 11.3 Å². The number of benzene rings is 1. The molecule has 0 fully saturated rings. The van der Waals surface area contributed by atoms with Crippen LogP contribution in [0.25, 0.3) is 11.3 Å². The highest BCUT2D eigenvalue weighted by Crippen LogP contribution is 2.24. The van der Waals surface area contributed by atoms with Crippen LogP contribution >= 0.6 is 11.3 Å². The largest absolute Gasteiger partial charge is 0.344 e. The lowest BCUT2D eigenvalue weighted by molar-refractivity contribution is 0.0946. The molecule has 2 aromatic heterocycles. The molecule has 0 spiro atoms. The normalized spacial score (nSPS) is 10.5. The number of rotatable bonds is 4. The van der Waals surface area contributed by atoms with Crippen LogP contribution in [0.15, 0.2) is 41.9 Å². The van der Waals surface area contributed by atoms with E-state index < -0.39 is 0 Å². The van der Waals surface area contributed by atoms with E-state index in [-0.39, 0.29) is 18.3 Å². The molecule has 7 heteroatoms. The Morgan fingerprint density at radius 2 is 2.19 bits per heavy atom. The Bertz CT molecular complexity index is 754. The van der Waals surface area contributed by atoms with E-state index in [1.165, 1.54) is 23.6 Å². The molecule has 0 saturated carbocycles. The third-order valence-electron chi connectivity index (χ3n) is 2.85. The number of carbonyl (C=O) groups excluding carboxylic acids is 1. The second-order valence-corrected chi connectivity index (χ2v) is 5.20. The van der Waals surface area contributed by atoms with Crippen molar-refractivity contribution in [2.45, 2.75) is 6.54 Å². The van der Waals surface area contributed by atoms with Gasteiger partial charge in [0.1, 0.15) is 16.5 Å². The first kappa shape index (κ1) is 13.4. The number of hydrogen-bond donors (Lipinski definition) is 2. The van der Waals surface area contributed by atoms with Crippen LogP contribution in [0.2, 0.25) is 0 Å². The third kappa shape index (κ3) is 2.97. The summed E-state index contributed by atoms with van der Waals surface area (Å²) in [5.41, 5.74) is 1.42. The van der Waals surface area contributed by atoms with Gasteiger partial charge in [-0.2, -0.15) is 5.10 Å². The number of amides is 1. The first-order chi connectivity index (χ1) is 10.2. The molecule has 1 amide bonds. The molecule has 3 aromatic rings. The monoisotopic (exact) mass is 302 g/mol. The smallest absolute Gasteiger partial charge is 0.269 e. The van der Waals surface area contributed by atoms with Gasteiger partial charge in [0, 0.05) is 17.1 Å². The van der Waals surface area contributed by atoms with Gasteiger partial charge >= 0.3 is 0 Å². The summed E-state index contributed by atoms with van der Waals surface area (Å²) in [5, 5.41) is 11.5. The highest BCUT2D eigenvalue weighted by molar-refractivity contribution is 7.09. The average Bonchev–Trinajstić information content (AvgIpc) is 3.17. The quantitative estimate of drug-likeness (QED) is 0.778. The number of thiazole rings is 1. The van der Waals surface area contributed by atoms with Crippen LogP contribution in [0.5, 0.6) is 0 Å². The van der Waals surface area contributed by atoms with Gasteiger partial charge < -0.3 is 5.32 Å². The van der Waals surface area contributed by atoms with E-state index in [1.54, 1.807) is 29.6 Å². The molecule has 3 rings (SSSR count). The summed E-state index contributed by atoms with van der Waals surface area (Å²) in [6.07, 6.45) is 1.51. The van der Waals surface area contributed by atoms with Gasteiger partial charge in [-0.1, -0.05) is 12.1 Å². The Hall–Kier alpha value is -2.54. The van der Waals surface area contributed by atoms with Crippen molar-refractivity contribution in [2.75, 3.05) is 0 Å². The Labute approximate surface area is 123 Å². The summed E-state index contributed by atoms with van der Waals surface area (Å²) in [6, 6.07) is 8.06. The molecule has 0 unspecified atom stereocenters. The maximum Gasteiger partial charge on any atom is 0.269 e. The van der Waals surface area contributed by atoms with Gasteiger partial charge in [-0.25, -0.2) is 9.37 Å². The van der Waals surface area contributed by atoms with E-state index in [2.05, 4.69) is 20.5 Å². The van der Waals surface area contributed by atoms with E-state index in [0.29, 0.717) is 22.0 Å². The Kier molecular flexibility index (Phi) is 3.74. The van der Waals surface area contributed by atoms with Gasteiger partial charge in [-0.3, -0.25) is 9.89 Å². The lowest BCUT2D eigenvalue weighted by Crippen LogP contribution is -2.23. The lowest BCUT2D eigenvalue weighted by Gasteiger charge is -2.00. The Morgan fingerprint density at radius 1 is 1.33 bits per heavy atom. The molecule has 0 aliphatic carbocycles. The van der Waals surface area contributed by atoms with Crippen LogP contribution in [0.3, 0.4) is 0 Å². The van der Waals surface area contributed by atoms with Crippen LogP contribution in [-0.2, 0) is 6.54 Å². The fraction of sp³-hybridized carbons (Fsp3) is 0.0714. The van der Waals surface area contributed by atoms with E-state index in [4.69, 9.17) is 0 Å². The maximum absolute atomic E-state index is 13.7. The lowest BCUT2D eigenvalue weighted by atomic mass is 10.2. The fourth-order valence-corrected chi connectivity index (χ4v) is 2.55. The number of nitrogens with one attached hydrogen (secondary N) is 2. The molecular formula is C14H11FN4OS. The van der Waals surface area contributed by atoms with Crippen molar-refractivity contribution in [3.63, 3.8) is 0 Å². The highest BCUT2D eigenvalue weighted by atomic mass is 32.1. The van der Waals surface area contributed by atoms with E-state index in [9.17, 15) is 9.18 Å². The third-order valence-corrected chi connectivity index (χ3v) is 3.70. The minimum Gasteiger partial charge on any atom is -0.344 e. The average molecular weight is 302 g/mol. The van der Waals surface area contributed by atoms with E-state index >= 15 is 0 Å². The van der Waals surface area contributed by atoms with Crippen molar-refractivity contribution in [2.24, 2.45) is 0 Å². The predicted molar refractivity (Wildman–Crippen MR) is 77.3 cm³/mol. The molecule has 106 valence electrons. The Balaban J connectivity index is 1.69. The molecule has 5 nitrogen and oxygen atoms in total. The number of halogens is 1. The van der Waals surface area contributed by atoms with Gasteiger partial charge in [0.25, 0.3) is 5.91 Å². The summed E-state index contributed by atoms with van der Waals surface area (Å²) in [6.45, 7) is 0.289. The summed E-state index contributed by atoms with van der Waals surface area (Å²) in [4.78, 5) is 16.1. The van der Waals surface area contributed by atoms with Crippen molar-refractivity contribution in [1.82, 2.24) is 20.5 Å². The highest BCUT2D eigenvalue weighted by Gasteiger charge is 2.10. The molecule has 0 radical (unpaired) electrons. The summed E-state index contributed by atoms with van der Waals surface area (Å²) >= 11 is 1.37. The number of nitrogens with zero attached hydrogens (tertiary/aromatic N) is 2. The second-order valence-electron chi connectivity index (χ2n) is 4.26. The van der Waals surface area contributed by atoms with Crippen LogP contribution in [0.4, 0.5) is 4.39 Å². The molecule has 21 heavy (non-hydrogen) atoms. The van der Waals surface area contributed by atoms with Gasteiger partial charge in [0.05, 0.1) is 12.2 Å². The van der Waals surface area contributed by atoms with Crippen LogP contribution in [0.1, 0.15) is 15.5 Å². The molecular weight excluding hydrogens is 291 g/mol. The predicted octanol–water partition coefficient (Wildman–Crippen LogP) is 2.60. The molecule has 0 aliphatic rings. The van der Waals surface area contributed by atoms with Crippen molar-refractivity contribution in [1.29, 1.82) is 0 Å². The minimum absolute atomic E-state index is 0.254. The van der Waals surface area contributed by atoms with Crippen LogP contribution in [0, 0.1) is 5.82 Å². The minimum atomic E-state index is -0.309. The zero-order valence-electron chi connectivity index (χ0n) is 10.8. The van der Waals surface area contributed by atoms with Crippen LogP contribution < -0.4 is 5.32 Å². The first-order valence-electron chi connectivity index (χ1n) is 6.21. The number of aromatic nitrogens is 3. The van der Waals surface area contributed by atoms with Gasteiger partial charge in [0.15, 0.2) is 0 Å². The molecule has 0 aliphatic heterocycles. The van der Waals surface area contributed by atoms with Gasteiger partial charge in [-0.05, 0) is 18.2 Å². The van der Waals surface area contributed by atoms with E-state index in [1.807, 2.05) is 0 Å². The van der Waals surface area contributed by atoms with Gasteiger partial charge in [-0.15, -0.1) is 11.3 Å². The molecule has 2 heterocycles. The van der Waals surface area contributed by atoms with Crippen molar-refractivity contribution >= 4 is 17.2 Å². The summed E-state index contributed by atoms with van der Waals surface area (Å²) in [5.74, 6) is -0.564. The number of H-pyrrole nitrogens is 1. The Morgan fingerprint density at radius 3 is 2.95 bits per heavy atom. The SMILES string of the molecule is O=C(NCc1nc(-c2ccccc2F)cs1)c1ccn[nH]1. The molecule has 0 saturated heterocycles. The number of aromatic amines is 1. The standard InChI is InChI=1S/C14H11FN4OS/c15-10-4-2-1-3-9(10)12-8-21-13(18-12)7-16-14(20)11-5-6-17-19-11/h1-6,8H,7H2,(H,16,20)(H,17,19). The number of carbonyl (C=O) groups is 1.